The quantitative estimate of drug-likeness (QED) is 0.512. The average molecular weight is 280 g/mol. The first-order valence-corrected chi connectivity index (χ1v) is 6.36. The highest BCUT2D eigenvalue weighted by Crippen LogP contribution is 2.40. The van der Waals surface area contributed by atoms with E-state index in [1.807, 2.05) is 54.6 Å². The Morgan fingerprint density at radius 1 is 1.05 bits per heavy atom. The van der Waals surface area contributed by atoms with Gasteiger partial charge in [0.2, 0.25) is 0 Å². The maximum Gasteiger partial charge on any atom is 0.521 e. The Bertz CT molecular complexity index is 787. The predicted octanol–water partition coefficient (Wildman–Crippen LogP) is 4.76. The lowest BCUT2D eigenvalue weighted by Gasteiger charge is -2.03. The van der Waals surface area contributed by atoms with Crippen LogP contribution < -0.4 is 4.74 Å². The van der Waals surface area contributed by atoms with Crippen LogP contribution in [0.1, 0.15) is 0 Å². The number of fused-ring (bicyclic) bond motifs is 1. The van der Waals surface area contributed by atoms with Crippen LogP contribution in [0.4, 0.5) is 4.79 Å². The van der Waals surface area contributed by atoms with E-state index in [2.05, 4.69) is 11.3 Å². The summed E-state index contributed by atoms with van der Waals surface area (Å²) in [6.07, 6.45) is 0.119. The molecule has 1 heterocycles. The van der Waals surface area contributed by atoms with Gasteiger partial charge in [-0.05, 0) is 11.6 Å². The molecule has 0 bridgehead atoms. The van der Waals surface area contributed by atoms with Crippen LogP contribution >= 0.6 is 0 Å². The van der Waals surface area contributed by atoms with Gasteiger partial charge in [-0.25, -0.2) is 4.79 Å². The molecule has 0 N–H and O–H groups in total. The van der Waals surface area contributed by atoms with Gasteiger partial charge >= 0.3 is 12.1 Å². The summed E-state index contributed by atoms with van der Waals surface area (Å²) in [5.74, 6) is 0.106. The summed E-state index contributed by atoms with van der Waals surface area (Å²) in [7, 11) is 0. The van der Waals surface area contributed by atoms with Crippen molar-refractivity contribution in [2.75, 3.05) is 0 Å². The van der Waals surface area contributed by atoms with Crippen LogP contribution in [-0.4, -0.2) is 6.16 Å². The van der Waals surface area contributed by atoms with Gasteiger partial charge in [0, 0.05) is 5.39 Å². The summed E-state index contributed by atoms with van der Waals surface area (Å²) < 4.78 is 15.3. The number of ether oxygens (including phenoxy) is 2. The normalized spacial score (nSPS) is 10.3. The molecule has 0 saturated carbocycles. The van der Waals surface area contributed by atoms with Crippen LogP contribution in [0.15, 0.2) is 71.9 Å². The summed E-state index contributed by atoms with van der Waals surface area (Å²) in [6.45, 7) is 3.31. The first-order chi connectivity index (χ1) is 10.3. The maximum atomic E-state index is 11.5. The zero-order chi connectivity index (χ0) is 14.7. The summed E-state index contributed by atoms with van der Waals surface area (Å²) in [6, 6.07) is 17.0. The number of hydrogen-bond acceptors (Lipinski definition) is 4. The van der Waals surface area contributed by atoms with Crippen molar-refractivity contribution in [3.05, 3.63) is 67.4 Å². The van der Waals surface area contributed by atoms with E-state index in [1.54, 1.807) is 0 Å². The Balaban J connectivity index is 2.15. The topological polar surface area (TPSA) is 48.7 Å². The fraction of sp³-hybridized carbons (Fsp3) is 0. The molecule has 4 nitrogen and oxygen atoms in total. The Kier molecular flexibility index (Phi) is 3.43. The Hall–Kier alpha value is -3.01. The summed E-state index contributed by atoms with van der Waals surface area (Å²) in [5, 5.41) is 0.866. The van der Waals surface area contributed by atoms with Crippen molar-refractivity contribution in [3.63, 3.8) is 0 Å². The van der Waals surface area contributed by atoms with Crippen LogP contribution in [0.25, 0.3) is 22.1 Å². The molecule has 1 aromatic heterocycles. The van der Waals surface area contributed by atoms with Crippen molar-refractivity contribution in [2.45, 2.75) is 0 Å². The Morgan fingerprint density at radius 3 is 2.52 bits per heavy atom. The zero-order valence-corrected chi connectivity index (χ0v) is 11.1. The first-order valence-electron chi connectivity index (χ1n) is 6.36. The Labute approximate surface area is 121 Å². The molecule has 0 aliphatic heterocycles. The SMILES string of the molecule is C=COC(=O)Oc1oc2ccccc2c1-c1ccccc1. The lowest BCUT2D eigenvalue weighted by atomic mass is 10.0. The third-order valence-electron chi connectivity index (χ3n) is 2.98. The van der Waals surface area contributed by atoms with E-state index in [9.17, 15) is 4.79 Å². The smallest absolute Gasteiger partial charge is 0.425 e. The number of carbonyl (C=O) groups excluding carboxylic acids is 1. The van der Waals surface area contributed by atoms with E-state index in [0.29, 0.717) is 11.1 Å². The molecule has 2 aromatic carbocycles. The zero-order valence-electron chi connectivity index (χ0n) is 11.1. The van der Waals surface area contributed by atoms with Crippen molar-refractivity contribution < 1.29 is 18.7 Å². The molecular formula is C17H12O4. The first kappa shape index (κ1) is 13.0. The van der Waals surface area contributed by atoms with Crippen molar-refractivity contribution in [2.24, 2.45) is 0 Å². The van der Waals surface area contributed by atoms with Crippen molar-refractivity contribution in [1.82, 2.24) is 0 Å². The fourth-order valence-electron chi connectivity index (χ4n) is 2.14. The van der Waals surface area contributed by atoms with Gasteiger partial charge < -0.3 is 13.9 Å². The highest BCUT2D eigenvalue weighted by Gasteiger charge is 2.20. The summed E-state index contributed by atoms with van der Waals surface area (Å²) >= 11 is 0. The number of hydrogen-bond donors (Lipinski definition) is 0. The molecule has 0 aliphatic carbocycles. The lowest BCUT2D eigenvalue weighted by Crippen LogP contribution is -2.06. The molecule has 3 aromatic rings. The number of benzene rings is 2. The van der Waals surface area contributed by atoms with Gasteiger partial charge in [0.1, 0.15) is 5.58 Å². The monoisotopic (exact) mass is 280 g/mol. The van der Waals surface area contributed by atoms with Crippen LogP contribution in [0.5, 0.6) is 5.95 Å². The van der Waals surface area contributed by atoms with Gasteiger partial charge in [-0.2, -0.15) is 0 Å². The molecule has 3 rings (SSSR count). The molecule has 21 heavy (non-hydrogen) atoms. The highest BCUT2D eigenvalue weighted by atomic mass is 16.8. The van der Waals surface area contributed by atoms with Gasteiger partial charge in [-0.15, -0.1) is 0 Å². The van der Waals surface area contributed by atoms with E-state index < -0.39 is 6.16 Å². The van der Waals surface area contributed by atoms with Crippen molar-refractivity contribution >= 4 is 17.1 Å². The van der Waals surface area contributed by atoms with Gasteiger partial charge in [-0.1, -0.05) is 55.1 Å². The van der Waals surface area contributed by atoms with E-state index in [1.165, 1.54) is 0 Å². The summed E-state index contributed by atoms with van der Waals surface area (Å²) in [4.78, 5) is 11.5. The van der Waals surface area contributed by atoms with Crippen LogP contribution in [0, 0.1) is 0 Å². The molecule has 0 saturated heterocycles. The fourth-order valence-corrected chi connectivity index (χ4v) is 2.14. The molecule has 0 radical (unpaired) electrons. The molecule has 0 atom stereocenters. The minimum absolute atomic E-state index is 0.106. The van der Waals surface area contributed by atoms with E-state index >= 15 is 0 Å². The molecular weight excluding hydrogens is 268 g/mol. The van der Waals surface area contributed by atoms with Gasteiger partial charge in [0.15, 0.2) is 0 Å². The number of carbonyl (C=O) groups is 1. The highest BCUT2D eigenvalue weighted by molar-refractivity contribution is 5.97. The molecule has 0 unspecified atom stereocenters. The molecule has 4 heteroatoms. The average Bonchev–Trinajstić information content (AvgIpc) is 2.86. The minimum atomic E-state index is -0.888. The second-order valence-corrected chi connectivity index (χ2v) is 4.26. The molecule has 0 aliphatic rings. The minimum Gasteiger partial charge on any atom is -0.425 e. The van der Waals surface area contributed by atoms with Gasteiger partial charge in [-0.3, -0.25) is 0 Å². The van der Waals surface area contributed by atoms with Crippen LogP contribution in [0.3, 0.4) is 0 Å². The van der Waals surface area contributed by atoms with E-state index in [-0.39, 0.29) is 5.95 Å². The third kappa shape index (κ3) is 2.51. The molecule has 104 valence electrons. The second kappa shape index (κ2) is 5.54. The second-order valence-electron chi connectivity index (χ2n) is 4.26. The molecule has 0 spiro atoms. The molecule has 0 amide bonds. The van der Waals surface area contributed by atoms with E-state index in [0.717, 1.165) is 17.2 Å². The number of rotatable bonds is 3. The van der Waals surface area contributed by atoms with Crippen LogP contribution in [0.2, 0.25) is 0 Å². The van der Waals surface area contributed by atoms with Crippen LogP contribution in [-0.2, 0) is 4.74 Å². The van der Waals surface area contributed by atoms with Gasteiger partial charge in [0.25, 0.3) is 0 Å². The Morgan fingerprint density at radius 2 is 1.76 bits per heavy atom. The largest absolute Gasteiger partial charge is 0.521 e. The number of para-hydroxylation sites is 1. The summed E-state index contributed by atoms with van der Waals surface area (Å²) in [5.41, 5.74) is 2.24. The third-order valence-corrected chi connectivity index (χ3v) is 2.98. The van der Waals surface area contributed by atoms with E-state index in [4.69, 9.17) is 9.15 Å². The predicted molar refractivity (Wildman–Crippen MR) is 79.0 cm³/mol. The van der Waals surface area contributed by atoms with Crippen molar-refractivity contribution in [3.8, 4) is 17.1 Å². The maximum absolute atomic E-state index is 11.5. The molecule has 0 fully saturated rings. The van der Waals surface area contributed by atoms with Crippen molar-refractivity contribution in [1.29, 1.82) is 0 Å². The number of furan rings is 1. The standard InChI is InChI=1S/C17H12O4/c1-2-19-17(18)21-16-15(12-8-4-3-5-9-12)13-10-6-7-11-14(13)20-16/h2-11H,1H2. The van der Waals surface area contributed by atoms with Gasteiger partial charge in [0.05, 0.1) is 11.8 Å². The lowest BCUT2D eigenvalue weighted by molar-refractivity contribution is 0.126.